The predicted molar refractivity (Wildman–Crippen MR) is 64.8 cm³/mol. The third-order valence-electron chi connectivity index (χ3n) is 3.52. The fourth-order valence-corrected chi connectivity index (χ4v) is 2.62. The number of ether oxygens (including phenoxy) is 1. The molecule has 5 heteroatoms. The van der Waals surface area contributed by atoms with Gasteiger partial charge in [-0.15, -0.1) is 0 Å². The second-order valence-corrected chi connectivity index (χ2v) is 4.79. The summed E-state index contributed by atoms with van der Waals surface area (Å²) in [7, 11) is 2.10. The second kappa shape index (κ2) is 4.58. The van der Waals surface area contributed by atoms with Crippen LogP contribution in [0.3, 0.4) is 0 Å². The highest BCUT2D eigenvalue weighted by Gasteiger charge is 2.22. The van der Waals surface area contributed by atoms with Crippen LogP contribution in [0.15, 0.2) is 6.33 Å². The molecular weight excluding hydrogens is 216 g/mol. The zero-order chi connectivity index (χ0) is 11.7. The van der Waals surface area contributed by atoms with Crippen LogP contribution in [0.5, 0.6) is 0 Å². The largest absolute Gasteiger partial charge is 0.370 e. The Labute approximate surface area is 101 Å². The lowest BCUT2D eigenvalue weighted by Gasteiger charge is -2.23. The van der Waals surface area contributed by atoms with Crippen molar-refractivity contribution in [2.24, 2.45) is 0 Å². The minimum Gasteiger partial charge on any atom is -0.370 e. The van der Waals surface area contributed by atoms with Crippen molar-refractivity contribution in [2.75, 3.05) is 25.0 Å². The normalized spacial score (nSPS) is 22.8. The van der Waals surface area contributed by atoms with E-state index in [2.05, 4.69) is 27.2 Å². The summed E-state index contributed by atoms with van der Waals surface area (Å²) in [4.78, 5) is 10.9. The second-order valence-electron chi connectivity index (χ2n) is 4.79. The molecule has 3 rings (SSSR count). The SMILES string of the molecule is CN(CC1CCCN1)c1ncnc2c1COC2. The number of aromatic nitrogens is 2. The summed E-state index contributed by atoms with van der Waals surface area (Å²) in [6, 6.07) is 0.591. The number of fused-ring (bicyclic) bond motifs is 1. The molecule has 2 aliphatic rings. The van der Waals surface area contributed by atoms with Crippen LogP contribution >= 0.6 is 0 Å². The van der Waals surface area contributed by atoms with Gasteiger partial charge in [0.2, 0.25) is 0 Å². The van der Waals surface area contributed by atoms with E-state index in [0.717, 1.165) is 30.2 Å². The van der Waals surface area contributed by atoms with E-state index in [-0.39, 0.29) is 0 Å². The average Bonchev–Trinajstić information content (AvgIpc) is 2.97. The van der Waals surface area contributed by atoms with Crippen LogP contribution in [0.25, 0.3) is 0 Å². The molecule has 17 heavy (non-hydrogen) atoms. The number of anilines is 1. The summed E-state index contributed by atoms with van der Waals surface area (Å²) in [6.45, 7) is 3.42. The molecule has 0 radical (unpaired) electrons. The van der Waals surface area contributed by atoms with Gasteiger partial charge in [-0.2, -0.15) is 0 Å². The summed E-state index contributed by atoms with van der Waals surface area (Å²) in [6.07, 6.45) is 4.18. The Morgan fingerprint density at radius 3 is 3.24 bits per heavy atom. The van der Waals surface area contributed by atoms with E-state index in [1.807, 2.05) is 0 Å². The van der Waals surface area contributed by atoms with E-state index in [9.17, 15) is 0 Å². The Morgan fingerprint density at radius 1 is 1.47 bits per heavy atom. The molecule has 1 N–H and O–H groups in total. The molecule has 0 spiro atoms. The van der Waals surface area contributed by atoms with Gasteiger partial charge in [-0.3, -0.25) is 0 Å². The first kappa shape index (κ1) is 10.9. The maximum absolute atomic E-state index is 5.43. The van der Waals surface area contributed by atoms with Gasteiger partial charge in [0.15, 0.2) is 0 Å². The van der Waals surface area contributed by atoms with Crippen molar-refractivity contribution in [3.8, 4) is 0 Å². The molecule has 1 atom stereocenters. The molecule has 1 aromatic rings. The lowest BCUT2D eigenvalue weighted by Crippen LogP contribution is -2.36. The molecule has 1 aromatic heterocycles. The summed E-state index contributed by atoms with van der Waals surface area (Å²) >= 11 is 0. The third-order valence-corrected chi connectivity index (χ3v) is 3.52. The molecule has 92 valence electrons. The molecule has 0 saturated carbocycles. The highest BCUT2D eigenvalue weighted by atomic mass is 16.5. The van der Waals surface area contributed by atoms with Crippen molar-refractivity contribution in [1.29, 1.82) is 0 Å². The lowest BCUT2D eigenvalue weighted by molar-refractivity contribution is 0.133. The quantitative estimate of drug-likeness (QED) is 0.834. The molecule has 1 fully saturated rings. The van der Waals surface area contributed by atoms with Crippen LogP contribution in [0, 0.1) is 0 Å². The fraction of sp³-hybridized carbons (Fsp3) is 0.667. The molecule has 0 aromatic carbocycles. The Kier molecular flexibility index (Phi) is 2.94. The minimum absolute atomic E-state index is 0.591. The zero-order valence-corrected chi connectivity index (χ0v) is 10.1. The molecule has 1 saturated heterocycles. The third kappa shape index (κ3) is 2.12. The van der Waals surface area contributed by atoms with Crippen LogP contribution < -0.4 is 10.2 Å². The van der Waals surface area contributed by atoms with Gasteiger partial charge < -0.3 is 15.0 Å². The Balaban J connectivity index is 1.76. The van der Waals surface area contributed by atoms with Crippen LogP contribution in [-0.2, 0) is 18.0 Å². The van der Waals surface area contributed by atoms with Gasteiger partial charge in [-0.1, -0.05) is 0 Å². The summed E-state index contributed by atoms with van der Waals surface area (Å²) in [5.41, 5.74) is 2.20. The van der Waals surface area contributed by atoms with Gasteiger partial charge in [0, 0.05) is 25.2 Å². The van der Waals surface area contributed by atoms with Crippen molar-refractivity contribution in [2.45, 2.75) is 32.1 Å². The number of nitrogens with one attached hydrogen (secondary N) is 1. The van der Waals surface area contributed by atoms with Gasteiger partial charge in [0.05, 0.1) is 18.9 Å². The van der Waals surface area contributed by atoms with Gasteiger partial charge >= 0.3 is 0 Å². The zero-order valence-electron chi connectivity index (χ0n) is 10.1. The molecule has 0 amide bonds. The Bertz CT molecular complexity index is 403. The molecule has 2 aliphatic heterocycles. The first-order valence-corrected chi connectivity index (χ1v) is 6.19. The van der Waals surface area contributed by atoms with E-state index in [0.29, 0.717) is 19.3 Å². The maximum Gasteiger partial charge on any atom is 0.137 e. The number of hydrogen-bond donors (Lipinski definition) is 1. The van der Waals surface area contributed by atoms with Crippen LogP contribution in [0.1, 0.15) is 24.1 Å². The van der Waals surface area contributed by atoms with Gasteiger partial charge in [-0.05, 0) is 19.4 Å². The van der Waals surface area contributed by atoms with E-state index >= 15 is 0 Å². The van der Waals surface area contributed by atoms with Crippen molar-refractivity contribution in [3.05, 3.63) is 17.6 Å². The molecular formula is C12H18N4O. The highest BCUT2D eigenvalue weighted by Crippen LogP contribution is 2.25. The Morgan fingerprint density at radius 2 is 2.41 bits per heavy atom. The van der Waals surface area contributed by atoms with Crippen molar-refractivity contribution < 1.29 is 4.74 Å². The molecule has 5 nitrogen and oxygen atoms in total. The predicted octanol–water partition coefficient (Wildman–Crippen LogP) is 0.695. The van der Waals surface area contributed by atoms with E-state index in [4.69, 9.17) is 4.74 Å². The molecule has 3 heterocycles. The van der Waals surface area contributed by atoms with E-state index < -0.39 is 0 Å². The smallest absolute Gasteiger partial charge is 0.137 e. The lowest BCUT2D eigenvalue weighted by atomic mass is 10.2. The number of rotatable bonds is 3. The van der Waals surface area contributed by atoms with E-state index in [1.54, 1.807) is 6.33 Å². The van der Waals surface area contributed by atoms with Crippen LogP contribution in [0.2, 0.25) is 0 Å². The average molecular weight is 234 g/mol. The summed E-state index contributed by atoms with van der Waals surface area (Å²) < 4.78 is 5.43. The van der Waals surface area contributed by atoms with Crippen molar-refractivity contribution >= 4 is 5.82 Å². The first-order valence-electron chi connectivity index (χ1n) is 6.19. The number of likely N-dealkylation sites (N-methyl/N-ethyl adjacent to an activating group) is 1. The first-order chi connectivity index (χ1) is 8.34. The topological polar surface area (TPSA) is 50.3 Å². The molecule has 1 unspecified atom stereocenters. The number of hydrogen-bond acceptors (Lipinski definition) is 5. The van der Waals surface area contributed by atoms with Crippen molar-refractivity contribution in [3.63, 3.8) is 0 Å². The van der Waals surface area contributed by atoms with Gasteiger partial charge in [0.1, 0.15) is 12.1 Å². The summed E-state index contributed by atoms with van der Waals surface area (Å²) in [5.74, 6) is 1.03. The molecule has 0 aliphatic carbocycles. The number of nitrogens with zero attached hydrogens (tertiary/aromatic N) is 3. The highest BCUT2D eigenvalue weighted by molar-refractivity contribution is 5.48. The maximum atomic E-state index is 5.43. The minimum atomic E-state index is 0.591. The fourth-order valence-electron chi connectivity index (χ4n) is 2.62. The summed E-state index contributed by atoms with van der Waals surface area (Å²) in [5, 5.41) is 3.51. The van der Waals surface area contributed by atoms with Crippen LogP contribution in [0.4, 0.5) is 5.82 Å². The van der Waals surface area contributed by atoms with Crippen LogP contribution in [-0.4, -0.2) is 36.1 Å². The van der Waals surface area contributed by atoms with E-state index in [1.165, 1.54) is 12.8 Å². The Hall–Kier alpha value is -1.20. The van der Waals surface area contributed by atoms with Crippen molar-refractivity contribution in [1.82, 2.24) is 15.3 Å². The van der Waals surface area contributed by atoms with Gasteiger partial charge in [0.25, 0.3) is 0 Å². The standard InChI is InChI=1S/C12H18N4O/c1-16(5-9-3-2-4-13-9)12-10-6-17-7-11(10)14-8-15-12/h8-9,13H,2-7H2,1H3. The van der Waals surface area contributed by atoms with Gasteiger partial charge in [-0.25, -0.2) is 9.97 Å². The monoisotopic (exact) mass is 234 g/mol. The molecule has 0 bridgehead atoms.